The van der Waals surface area contributed by atoms with E-state index >= 15 is 0 Å². The van der Waals surface area contributed by atoms with Gasteiger partial charge in [0.05, 0.1) is 12.1 Å². The Morgan fingerprint density at radius 3 is 2.44 bits per heavy atom. The number of benzene rings is 3. The van der Waals surface area contributed by atoms with Gasteiger partial charge in [0, 0.05) is 16.1 Å². The van der Waals surface area contributed by atoms with E-state index in [0.717, 1.165) is 10.0 Å². The van der Waals surface area contributed by atoms with Crippen LogP contribution < -0.4 is 4.74 Å². The van der Waals surface area contributed by atoms with Crippen molar-refractivity contribution in [3.63, 3.8) is 0 Å². The summed E-state index contributed by atoms with van der Waals surface area (Å²) in [7, 11) is 0. The zero-order chi connectivity index (χ0) is 22.5. The van der Waals surface area contributed by atoms with Gasteiger partial charge < -0.3 is 14.1 Å². The van der Waals surface area contributed by atoms with Gasteiger partial charge in [0.25, 0.3) is 5.91 Å². The van der Waals surface area contributed by atoms with Crippen LogP contribution in [-0.4, -0.2) is 27.0 Å². The number of nitrogens with zero attached hydrogens (tertiary/aromatic N) is 3. The molecule has 0 aliphatic heterocycles. The Balaban J connectivity index is 1.53. The SMILES string of the molecule is CC(C)N(Cc1nnc(-c2ccccc2Br)o1)C(=O)c1cccc(Oc2ccccc2)c1. The van der Waals surface area contributed by atoms with E-state index in [-0.39, 0.29) is 18.5 Å². The molecule has 0 atom stereocenters. The number of hydrogen-bond donors (Lipinski definition) is 0. The molecule has 0 aliphatic rings. The summed E-state index contributed by atoms with van der Waals surface area (Å²) in [5, 5.41) is 8.30. The minimum Gasteiger partial charge on any atom is -0.457 e. The molecule has 162 valence electrons. The van der Waals surface area contributed by atoms with Crippen LogP contribution in [0.3, 0.4) is 0 Å². The highest BCUT2D eigenvalue weighted by Gasteiger charge is 2.23. The molecule has 1 aromatic heterocycles. The highest BCUT2D eigenvalue weighted by molar-refractivity contribution is 9.10. The van der Waals surface area contributed by atoms with E-state index < -0.39 is 0 Å². The number of aromatic nitrogens is 2. The summed E-state index contributed by atoms with van der Waals surface area (Å²) >= 11 is 3.50. The number of para-hydroxylation sites is 1. The lowest BCUT2D eigenvalue weighted by Crippen LogP contribution is -2.36. The summed E-state index contributed by atoms with van der Waals surface area (Å²) < 4.78 is 12.6. The average molecular weight is 492 g/mol. The van der Waals surface area contributed by atoms with Crippen molar-refractivity contribution < 1.29 is 13.9 Å². The van der Waals surface area contributed by atoms with Crippen LogP contribution in [0.1, 0.15) is 30.1 Å². The first-order valence-electron chi connectivity index (χ1n) is 10.2. The number of halogens is 1. The van der Waals surface area contributed by atoms with E-state index in [4.69, 9.17) is 9.15 Å². The second-order valence-corrected chi connectivity index (χ2v) is 8.30. The van der Waals surface area contributed by atoms with Gasteiger partial charge in [0.1, 0.15) is 11.5 Å². The Morgan fingerprint density at radius 2 is 1.69 bits per heavy atom. The molecule has 6 nitrogen and oxygen atoms in total. The monoisotopic (exact) mass is 491 g/mol. The molecular formula is C25H22BrN3O3. The first-order valence-corrected chi connectivity index (χ1v) is 11.0. The molecule has 0 N–H and O–H groups in total. The zero-order valence-corrected chi connectivity index (χ0v) is 19.3. The lowest BCUT2D eigenvalue weighted by atomic mass is 10.1. The molecule has 0 radical (unpaired) electrons. The third-order valence-corrected chi connectivity index (χ3v) is 5.51. The van der Waals surface area contributed by atoms with Crippen molar-refractivity contribution in [2.45, 2.75) is 26.4 Å². The van der Waals surface area contributed by atoms with E-state index in [1.807, 2.05) is 80.6 Å². The molecule has 1 amide bonds. The summed E-state index contributed by atoms with van der Waals surface area (Å²) in [6, 6.07) is 24.2. The van der Waals surface area contributed by atoms with Crippen LogP contribution in [-0.2, 0) is 6.54 Å². The highest BCUT2D eigenvalue weighted by atomic mass is 79.9. The van der Waals surface area contributed by atoms with Crippen molar-refractivity contribution in [1.82, 2.24) is 15.1 Å². The fourth-order valence-corrected chi connectivity index (χ4v) is 3.63. The van der Waals surface area contributed by atoms with E-state index in [2.05, 4.69) is 26.1 Å². The van der Waals surface area contributed by atoms with Gasteiger partial charge in [-0.15, -0.1) is 10.2 Å². The number of ether oxygens (including phenoxy) is 1. The molecule has 4 rings (SSSR count). The normalized spacial score (nSPS) is 10.9. The Kier molecular flexibility index (Phi) is 6.66. The minimum absolute atomic E-state index is 0.0694. The maximum atomic E-state index is 13.3. The fourth-order valence-electron chi connectivity index (χ4n) is 3.18. The van der Waals surface area contributed by atoms with Crippen molar-refractivity contribution >= 4 is 21.8 Å². The van der Waals surface area contributed by atoms with Crippen molar-refractivity contribution in [2.24, 2.45) is 0 Å². The molecule has 0 spiro atoms. The number of carbonyl (C=O) groups excluding carboxylic acids is 1. The van der Waals surface area contributed by atoms with E-state index in [0.29, 0.717) is 28.8 Å². The second kappa shape index (κ2) is 9.78. The molecule has 0 bridgehead atoms. The average Bonchev–Trinajstić information content (AvgIpc) is 3.26. The van der Waals surface area contributed by atoms with Crippen molar-refractivity contribution in [1.29, 1.82) is 0 Å². The fraction of sp³-hybridized carbons (Fsp3) is 0.160. The summed E-state index contributed by atoms with van der Waals surface area (Å²) in [6.07, 6.45) is 0. The number of rotatable bonds is 7. The minimum atomic E-state index is -0.140. The lowest BCUT2D eigenvalue weighted by molar-refractivity contribution is 0.0672. The van der Waals surface area contributed by atoms with Crippen LogP contribution in [0.5, 0.6) is 11.5 Å². The van der Waals surface area contributed by atoms with Crippen LogP contribution in [0.15, 0.2) is 87.8 Å². The molecule has 0 unspecified atom stereocenters. The molecular weight excluding hydrogens is 470 g/mol. The van der Waals surface area contributed by atoms with E-state index in [1.165, 1.54) is 0 Å². The van der Waals surface area contributed by atoms with Gasteiger partial charge in [-0.25, -0.2) is 0 Å². The van der Waals surface area contributed by atoms with Gasteiger partial charge in [0.2, 0.25) is 11.8 Å². The van der Waals surface area contributed by atoms with Crippen LogP contribution in [0.4, 0.5) is 0 Å². The predicted molar refractivity (Wildman–Crippen MR) is 125 cm³/mol. The van der Waals surface area contributed by atoms with Gasteiger partial charge in [-0.2, -0.15) is 0 Å². The summed E-state index contributed by atoms with van der Waals surface area (Å²) in [5.74, 6) is 1.94. The largest absolute Gasteiger partial charge is 0.457 e. The molecule has 0 aliphatic carbocycles. The van der Waals surface area contributed by atoms with E-state index in [1.54, 1.807) is 17.0 Å². The topological polar surface area (TPSA) is 68.5 Å². The molecule has 0 saturated carbocycles. The Hall–Kier alpha value is -3.45. The first-order chi connectivity index (χ1) is 15.5. The Labute approximate surface area is 195 Å². The molecule has 1 heterocycles. The maximum absolute atomic E-state index is 13.3. The number of amides is 1. The first kappa shape index (κ1) is 21.8. The van der Waals surface area contributed by atoms with Gasteiger partial charge in [-0.3, -0.25) is 4.79 Å². The third-order valence-electron chi connectivity index (χ3n) is 4.82. The summed E-state index contributed by atoms with van der Waals surface area (Å²) in [6.45, 7) is 4.11. The van der Waals surface area contributed by atoms with Crippen molar-refractivity contribution in [2.75, 3.05) is 0 Å². The van der Waals surface area contributed by atoms with Gasteiger partial charge in [0.15, 0.2) is 0 Å². The molecule has 32 heavy (non-hydrogen) atoms. The standard InChI is InChI=1S/C25H22BrN3O3/c1-17(2)29(16-23-27-28-24(32-23)21-13-6-7-14-22(21)26)25(30)18-9-8-12-20(15-18)31-19-10-4-3-5-11-19/h3-15,17H,16H2,1-2H3. The summed E-state index contributed by atoms with van der Waals surface area (Å²) in [4.78, 5) is 15.0. The summed E-state index contributed by atoms with van der Waals surface area (Å²) in [5.41, 5.74) is 1.33. The zero-order valence-electron chi connectivity index (χ0n) is 17.7. The number of hydrogen-bond acceptors (Lipinski definition) is 5. The van der Waals surface area contributed by atoms with Gasteiger partial charge in [-0.1, -0.05) is 36.4 Å². The van der Waals surface area contributed by atoms with Crippen LogP contribution >= 0.6 is 15.9 Å². The second-order valence-electron chi connectivity index (χ2n) is 7.45. The number of carbonyl (C=O) groups is 1. The Bertz CT molecular complexity index is 1210. The van der Waals surface area contributed by atoms with Gasteiger partial charge in [-0.05, 0) is 72.2 Å². The predicted octanol–water partition coefficient (Wildman–Crippen LogP) is 6.34. The molecule has 4 aromatic rings. The highest BCUT2D eigenvalue weighted by Crippen LogP contribution is 2.27. The van der Waals surface area contributed by atoms with Crippen LogP contribution in [0.2, 0.25) is 0 Å². The van der Waals surface area contributed by atoms with Crippen molar-refractivity contribution in [3.8, 4) is 23.0 Å². The quantitative estimate of drug-likeness (QED) is 0.301. The smallest absolute Gasteiger partial charge is 0.254 e. The maximum Gasteiger partial charge on any atom is 0.254 e. The van der Waals surface area contributed by atoms with Crippen LogP contribution in [0.25, 0.3) is 11.5 Å². The van der Waals surface area contributed by atoms with Gasteiger partial charge >= 0.3 is 0 Å². The molecule has 0 fully saturated rings. The third kappa shape index (κ3) is 5.06. The molecule has 0 saturated heterocycles. The van der Waals surface area contributed by atoms with Crippen molar-refractivity contribution in [3.05, 3.63) is 94.8 Å². The molecule has 3 aromatic carbocycles. The lowest BCUT2D eigenvalue weighted by Gasteiger charge is -2.25. The Morgan fingerprint density at radius 1 is 0.969 bits per heavy atom. The van der Waals surface area contributed by atoms with Crippen LogP contribution in [0, 0.1) is 0 Å². The molecule has 7 heteroatoms. The van der Waals surface area contributed by atoms with E-state index in [9.17, 15) is 4.79 Å².